The van der Waals surface area contributed by atoms with E-state index in [-0.39, 0.29) is 18.1 Å². The second kappa shape index (κ2) is 9.72. The highest BCUT2D eigenvalue weighted by Crippen LogP contribution is 2.42. The number of benzene rings is 2. The Morgan fingerprint density at radius 2 is 1.86 bits per heavy atom. The number of thiocarbonyl (C=S) groups is 1. The molecule has 5 rings (SSSR count). The number of ether oxygens (including phenoxy) is 1. The highest BCUT2D eigenvalue weighted by atomic mass is 32.1. The lowest BCUT2D eigenvalue weighted by Gasteiger charge is -2.29. The van der Waals surface area contributed by atoms with Gasteiger partial charge in [-0.3, -0.25) is 4.98 Å². The van der Waals surface area contributed by atoms with E-state index in [1.54, 1.807) is 12.3 Å². The van der Waals surface area contributed by atoms with Crippen molar-refractivity contribution in [3.8, 4) is 5.69 Å². The summed E-state index contributed by atoms with van der Waals surface area (Å²) >= 11 is 5.86. The minimum absolute atomic E-state index is 0.160. The van der Waals surface area contributed by atoms with E-state index in [0.717, 1.165) is 29.2 Å². The molecule has 7 heteroatoms. The van der Waals surface area contributed by atoms with Gasteiger partial charge in [0, 0.05) is 29.5 Å². The number of aromatic nitrogens is 2. The van der Waals surface area contributed by atoms with Crippen LogP contribution in [0.1, 0.15) is 46.3 Å². The van der Waals surface area contributed by atoms with Crippen molar-refractivity contribution in [2.24, 2.45) is 0 Å². The zero-order chi connectivity index (χ0) is 24.4. The lowest BCUT2D eigenvalue weighted by atomic mass is 10.0. The maximum Gasteiger partial charge on any atom is 0.337 e. The Morgan fingerprint density at radius 3 is 2.57 bits per heavy atom. The molecule has 0 aliphatic carbocycles. The van der Waals surface area contributed by atoms with E-state index in [0.29, 0.717) is 10.7 Å². The molecule has 4 aromatic rings. The van der Waals surface area contributed by atoms with Crippen molar-refractivity contribution in [1.82, 2.24) is 14.9 Å². The molecular weight excluding hydrogens is 456 g/mol. The molecule has 0 amide bonds. The summed E-state index contributed by atoms with van der Waals surface area (Å²) in [7, 11) is 1.39. The number of hydrogen-bond donors (Lipinski definition) is 1. The second-order valence-corrected chi connectivity index (χ2v) is 8.75. The van der Waals surface area contributed by atoms with Crippen LogP contribution in [-0.2, 0) is 11.2 Å². The lowest BCUT2D eigenvalue weighted by molar-refractivity contribution is 0.0600. The Labute approximate surface area is 210 Å². The van der Waals surface area contributed by atoms with Crippen LogP contribution in [0.3, 0.4) is 0 Å². The third-order valence-corrected chi connectivity index (χ3v) is 6.66. The van der Waals surface area contributed by atoms with Gasteiger partial charge in [0.05, 0.1) is 24.4 Å². The van der Waals surface area contributed by atoms with Crippen LogP contribution in [0, 0.1) is 0 Å². The highest BCUT2D eigenvalue weighted by molar-refractivity contribution is 7.80. The first-order valence-corrected chi connectivity index (χ1v) is 12.0. The number of hydrogen-bond acceptors (Lipinski definition) is 4. The number of nitrogens with zero attached hydrogens (tertiary/aromatic N) is 3. The fourth-order valence-electron chi connectivity index (χ4n) is 4.60. The van der Waals surface area contributed by atoms with Crippen molar-refractivity contribution in [2.45, 2.75) is 25.4 Å². The standard InChI is InChI=1S/C28H26N4O2S/c1-3-19-12-14-21(15-13-19)32-26(25(30-28(32)35)23-10-4-5-16-29-23)24-11-7-17-31(24)22-9-6-8-20(18-22)27(33)34-2/h4-18,25-26H,3H2,1-2H3,(H,30,35)/t25-,26-/m1/s1. The Bertz CT molecular complexity index is 1350. The number of nitrogens with one attached hydrogen (secondary N) is 1. The molecule has 0 saturated carbocycles. The molecule has 2 atom stereocenters. The normalized spacial score (nSPS) is 17.3. The number of carbonyl (C=O) groups is 1. The first-order valence-electron chi connectivity index (χ1n) is 11.6. The molecular formula is C28H26N4O2S. The van der Waals surface area contributed by atoms with E-state index in [4.69, 9.17) is 17.0 Å². The van der Waals surface area contributed by atoms with Crippen molar-refractivity contribution in [2.75, 3.05) is 12.0 Å². The van der Waals surface area contributed by atoms with Gasteiger partial charge in [0.2, 0.25) is 0 Å². The minimum atomic E-state index is -0.367. The van der Waals surface area contributed by atoms with Crippen molar-refractivity contribution >= 4 is 29.0 Å². The molecule has 1 aliphatic heterocycles. The summed E-state index contributed by atoms with van der Waals surface area (Å²) in [6.45, 7) is 2.15. The summed E-state index contributed by atoms with van der Waals surface area (Å²) < 4.78 is 7.02. The molecule has 1 saturated heterocycles. The average molecular weight is 483 g/mol. The van der Waals surface area contributed by atoms with Gasteiger partial charge < -0.3 is 19.5 Å². The van der Waals surface area contributed by atoms with Crippen LogP contribution in [-0.4, -0.2) is 27.7 Å². The highest BCUT2D eigenvalue weighted by Gasteiger charge is 2.42. The van der Waals surface area contributed by atoms with Gasteiger partial charge >= 0.3 is 5.97 Å². The molecule has 1 aliphatic rings. The molecule has 1 N–H and O–H groups in total. The minimum Gasteiger partial charge on any atom is -0.465 e. The molecule has 176 valence electrons. The zero-order valence-corrected chi connectivity index (χ0v) is 20.4. The summed E-state index contributed by atoms with van der Waals surface area (Å²) in [6.07, 6.45) is 4.78. The lowest BCUT2D eigenvalue weighted by Crippen LogP contribution is -2.30. The van der Waals surface area contributed by atoms with Crippen LogP contribution in [0.15, 0.2) is 91.3 Å². The van der Waals surface area contributed by atoms with Crippen LogP contribution >= 0.6 is 12.2 Å². The number of carbonyl (C=O) groups excluding carboxylic acids is 1. The van der Waals surface area contributed by atoms with Crippen LogP contribution in [0.4, 0.5) is 5.69 Å². The average Bonchev–Trinajstić information content (AvgIpc) is 3.53. The van der Waals surface area contributed by atoms with Crippen molar-refractivity contribution in [1.29, 1.82) is 0 Å². The van der Waals surface area contributed by atoms with E-state index in [1.807, 2.05) is 48.7 Å². The molecule has 1 fully saturated rings. The van der Waals surface area contributed by atoms with Gasteiger partial charge in [-0.05, 0) is 78.8 Å². The zero-order valence-electron chi connectivity index (χ0n) is 19.6. The molecule has 0 spiro atoms. The predicted octanol–water partition coefficient (Wildman–Crippen LogP) is 5.40. The summed E-state index contributed by atoms with van der Waals surface area (Å²) in [4.78, 5) is 19.0. The Kier molecular flexibility index (Phi) is 6.33. The fraction of sp³-hybridized carbons (Fsp3) is 0.179. The van der Waals surface area contributed by atoms with Crippen LogP contribution in [0.2, 0.25) is 0 Å². The molecule has 6 nitrogen and oxygen atoms in total. The van der Waals surface area contributed by atoms with E-state index in [1.165, 1.54) is 12.7 Å². The quantitative estimate of drug-likeness (QED) is 0.293. The number of methoxy groups -OCH3 is 1. The molecule has 2 aromatic carbocycles. The number of anilines is 1. The van der Waals surface area contributed by atoms with E-state index in [2.05, 4.69) is 57.0 Å². The van der Waals surface area contributed by atoms with E-state index < -0.39 is 0 Å². The maximum absolute atomic E-state index is 12.2. The Balaban J connectivity index is 1.64. The fourth-order valence-corrected chi connectivity index (χ4v) is 4.94. The number of pyridine rings is 1. The topological polar surface area (TPSA) is 59.4 Å². The third-order valence-electron chi connectivity index (χ3n) is 6.35. The van der Waals surface area contributed by atoms with Gasteiger partial charge in [0.1, 0.15) is 6.04 Å². The Morgan fingerprint density at radius 1 is 1.03 bits per heavy atom. The monoisotopic (exact) mass is 482 g/mol. The molecule has 0 bridgehead atoms. The van der Waals surface area contributed by atoms with Gasteiger partial charge in [-0.2, -0.15) is 0 Å². The number of esters is 1. The van der Waals surface area contributed by atoms with Gasteiger partial charge in [-0.15, -0.1) is 0 Å². The van der Waals surface area contributed by atoms with E-state index >= 15 is 0 Å². The Hall–Kier alpha value is -3.97. The first kappa shape index (κ1) is 22.8. The van der Waals surface area contributed by atoms with Crippen LogP contribution in [0.25, 0.3) is 5.69 Å². The van der Waals surface area contributed by atoms with Gasteiger partial charge in [0.25, 0.3) is 0 Å². The van der Waals surface area contributed by atoms with E-state index in [9.17, 15) is 4.79 Å². The second-order valence-electron chi connectivity index (χ2n) is 8.36. The van der Waals surface area contributed by atoms with Gasteiger partial charge in [-0.1, -0.05) is 31.2 Å². The van der Waals surface area contributed by atoms with Crippen molar-refractivity contribution in [3.05, 3.63) is 114 Å². The molecule has 0 radical (unpaired) electrons. The largest absolute Gasteiger partial charge is 0.465 e. The summed E-state index contributed by atoms with van der Waals surface area (Å²) in [5.41, 5.74) is 5.58. The third kappa shape index (κ3) is 4.31. The van der Waals surface area contributed by atoms with Crippen LogP contribution in [0.5, 0.6) is 0 Å². The number of rotatable bonds is 6. The van der Waals surface area contributed by atoms with Crippen molar-refractivity contribution < 1.29 is 9.53 Å². The van der Waals surface area contributed by atoms with Crippen molar-refractivity contribution in [3.63, 3.8) is 0 Å². The molecule has 35 heavy (non-hydrogen) atoms. The molecule has 0 unspecified atom stereocenters. The first-order chi connectivity index (χ1) is 17.1. The summed E-state index contributed by atoms with van der Waals surface area (Å²) in [6, 6.07) is 25.6. The van der Waals surface area contributed by atoms with Gasteiger partial charge in [-0.25, -0.2) is 4.79 Å². The number of aryl methyl sites for hydroxylation is 1. The SMILES string of the molecule is CCc1ccc(N2C(=S)N[C@H](c3ccccn3)[C@H]2c2cccn2-c2cccc(C(=O)OC)c2)cc1. The molecule has 3 heterocycles. The predicted molar refractivity (Wildman–Crippen MR) is 141 cm³/mol. The molecule has 2 aromatic heterocycles. The van der Waals surface area contributed by atoms with Crippen LogP contribution < -0.4 is 10.2 Å². The summed E-state index contributed by atoms with van der Waals surface area (Å²) in [5, 5.41) is 4.15. The van der Waals surface area contributed by atoms with Gasteiger partial charge in [0.15, 0.2) is 5.11 Å². The summed E-state index contributed by atoms with van der Waals surface area (Å²) in [5.74, 6) is -0.367. The smallest absolute Gasteiger partial charge is 0.337 e. The maximum atomic E-state index is 12.2.